The summed E-state index contributed by atoms with van der Waals surface area (Å²) in [7, 11) is -3.21. The van der Waals surface area contributed by atoms with Gasteiger partial charge < -0.3 is 14.5 Å². The van der Waals surface area contributed by atoms with Crippen LogP contribution < -0.4 is 4.74 Å². The number of hydrogen-bond donors (Lipinski definition) is 0. The highest BCUT2D eigenvalue weighted by molar-refractivity contribution is 7.93. The summed E-state index contributed by atoms with van der Waals surface area (Å²) in [4.78, 5) is 20.1. The SMILES string of the molecule is O=C(N1CCCC1)N1CC2(C1)[C@H](COc1ccccn1)CCS2(=O)=O. The number of amides is 2. The number of pyridine rings is 1. The zero-order valence-corrected chi connectivity index (χ0v) is 15.0. The fourth-order valence-electron chi connectivity index (χ4n) is 4.17. The smallest absolute Gasteiger partial charge is 0.320 e. The first kappa shape index (κ1) is 16.6. The molecule has 0 saturated carbocycles. The Labute approximate surface area is 147 Å². The molecule has 3 aliphatic heterocycles. The minimum Gasteiger partial charge on any atom is -0.477 e. The van der Waals surface area contributed by atoms with Gasteiger partial charge >= 0.3 is 6.03 Å². The molecule has 2 amide bonds. The maximum Gasteiger partial charge on any atom is 0.320 e. The van der Waals surface area contributed by atoms with Crippen LogP contribution in [-0.2, 0) is 9.84 Å². The molecule has 0 aromatic carbocycles. The maximum absolute atomic E-state index is 12.7. The average Bonchev–Trinajstić information content (AvgIpc) is 3.18. The molecule has 1 aromatic rings. The summed E-state index contributed by atoms with van der Waals surface area (Å²) in [6, 6.07) is 5.39. The first-order valence-corrected chi connectivity index (χ1v) is 10.5. The summed E-state index contributed by atoms with van der Waals surface area (Å²) < 4.78 is 30.2. The second-order valence-electron chi connectivity index (χ2n) is 7.18. The lowest BCUT2D eigenvalue weighted by Gasteiger charge is -2.50. The van der Waals surface area contributed by atoms with Crippen LogP contribution in [-0.4, -0.2) is 72.5 Å². The molecule has 3 saturated heterocycles. The average molecular weight is 365 g/mol. The number of rotatable bonds is 3. The highest BCUT2D eigenvalue weighted by Crippen LogP contribution is 2.45. The Hall–Kier alpha value is -1.83. The van der Waals surface area contributed by atoms with Crippen LogP contribution in [0.3, 0.4) is 0 Å². The third-order valence-electron chi connectivity index (χ3n) is 5.73. The first-order valence-electron chi connectivity index (χ1n) is 8.82. The number of carbonyl (C=O) groups is 1. The summed E-state index contributed by atoms with van der Waals surface area (Å²) >= 11 is 0. The number of aromatic nitrogens is 1. The highest BCUT2D eigenvalue weighted by Gasteiger charge is 2.63. The Morgan fingerprint density at radius 1 is 1.24 bits per heavy atom. The monoisotopic (exact) mass is 365 g/mol. The second-order valence-corrected chi connectivity index (χ2v) is 9.63. The van der Waals surface area contributed by atoms with Gasteiger partial charge in [-0.2, -0.15) is 0 Å². The van der Waals surface area contributed by atoms with E-state index in [1.54, 1.807) is 17.2 Å². The summed E-state index contributed by atoms with van der Waals surface area (Å²) in [5.74, 6) is 0.586. The number of urea groups is 1. The van der Waals surface area contributed by atoms with Gasteiger partial charge in [0, 0.05) is 44.4 Å². The van der Waals surface area contributed by atoms with Crippen molar-refractivity contribution in [3.63, 3.8) is 0 Å². The van der Waals surface area contributed by atoms with E-state index in [9.17, 15) is 13.2 Å². The van der Waals surface area contributed by atoms with E-state index in [0.29, 0.717) is 32.0 Å². The van der Waals surface area contributed by atoms with Crippen LogP contribution in [0.5, 0.6) is 5.88 Å². The first-order chi connectivity index (χ1) is 12.0. The molecule has 25 heavy (non-hydrogen) atoms. The van der Waals surface area contributed by atoms with Crippen LogP contribution >= 0.6 is 0 Å². The Bertz CT molecular complexity index is 740. The maximum atomic E-state index is 12.7. The van der Waals surface area contributed by atoms with Gasteiger partial charge in [-0.1, -0.05) is 6.07 Å². The van der Waals surface area contributed by atoms with E-state index in [2.05, 4.69) is 4.98 Å². The molecule has 0 bridgehead atoms. The van der Waals surface area contributed by atoms with Gasteiger partial charge in [0.25, 0.3) is 0 Å². The van der Waals surface area contributed by atoms with Crippen LogP contribution in [0.4, 0.5) is 4.79 Å². The quantitative estimate of drug-likeness (QED) is 0.803. The predicted molar refractivity (Wildman–Crippen MR) is 92.1 cm³/mol. The number of nitrogens with zero attached hydrogens (tertiary/aromatic N) is 3. The van der Waals surface area contributed by atoms with E-state index in [-0.39, 0.29) is 17.7 Å². The summed E-state index contributed by atoms with van der Waals surface area (Å²) in [5.41, 5.74) is 0. The third kappa shape index (κ3) is 2.76. The molecule has 136 valence electrons. The van der Waals surface area contributed by atoms with Gasteiger partial charge in [0.05, 0.1) is 12.4 Å². The van der Waals surface area contributed by atoms with E-state index in [4.69, 9.17) is 4.74 Å². The zero-order valence-electron chi connectivity index (χ0n) is 14.1. The third-order valence-corrected chi connectivity index (χ3v) is 8.34. The Morgan fingerprint density at radius 3 is 2.68 bits per heavy atom. The van der Waals surface area contributed by atoms with Crippen molar-refractivity contribution in [2.75, 3.05) is 38.5 Å². The van der Waals surface area contributed by atoms with Crippen molar-refractivity contribution in [1.29, 1.82) is 0 Å². The summed E-state index contributed by atoms with van der Waals surface area (Å²) in [6.07, 6.45) is 4.30. The lowest BCUT2D eigenvalue weighted by molar-refractivity contribution is 0.0701. The molecule has 4 heterocycles. The molecule has 1 aromatic heterocycles. The van der Waals surface area contributed by atoms with Crippen molar-refractivity contribution < 1.29 is 17.9 Å². The predicted octanol–water partition coefficient (Wildman–Crippen LogP) is 1.17. The van der Waals surface area contributed by atoms with Crippen molar-refractivity contribution in [3.05, 3.63) is 24.4 Å². The van der Waals surface area contributed by atoms with Crippen molar-refractivity contribution in [1.82, 2.24) is 14.8 Å². The molecule has 8 heteroatoms. The van der Waals surface area contributed by atoms with E-state index < -0.39 is 14.6 Å². The molecule has 0 aliphatic carbocycles. The van der Waals surface area contributed by atoms with Gasteiger partial charge in [0.2, 0.25) is 5.88 Å². The van der Waals surface area contributed by atoms with E-state index >= 15 is 0 Å². The van der Waals surface area contributed by atoms with E-state index in [1.165, 1.54) is 0 Å². The second kappa shape index (κ2) is 6.16. The zero-order chi connectivity index (χ0) is 17.5. The van der Waals surface area contributed by atoms with Gasteiger partial charge in [0.1, 0.15) is 4.75 Å². The molecule has 1 spiro atoms. The molecule has 0 N–H and O–H groups in total. The van der Waals surface area contributed by atoms with Crippen LogP contribution in [0.15, 0.2) is 24.4 Å². The number of carbonyl (C=O) groups excluding carboxylic acids is 1. The van der Waals surface area contributed by atoms with Gasteiger partial charge in [-0.15, -0.1) is 0 Å². The minimum absolute atomic E-state index is 0.0189. The highest BCUT2D eigenvalue weighted by atomic mass is 32.2. The van der Waals surface area contributed by atoms with Crippen LogP contribution in [0.25, 0.3) is 0 Å². The topological polar surface area (TPSA) is 79.8 Å². The van der Waals surface area contributed by atoms with Gasteiger partial charge in [-0.05, 0) is 25.3 Å². The minimum atomic E-state index is -3.21. The molecule has 0 radical (unpaired) electrons. The fraction of sp³-hybridized carbons (Fsp3) is 0.647. The summed E-state index contributed by atoms with van der Waals surface area (Å²) in [6.45, 7) is 2.46. The molecule has 7 nitrogen and oxygen atoms in total. The molecular weight excluding hydrogens is 342 g/mol. The van der Waals surface area contributed by atoms with Gasteiger partial charge in [-0.25, -0.2) is 18.2 Å². The van der Waals surface area contributed by atoms with Crippen molar-refractivity contribution in [2.45, 2.75) is 24.0 Å². The number of hydrogen-bond acceptors (Lipinski definition) is 5. The molecule has 4 rings (SSSR count). The Kier molecular flexibility index (Phi) is 4.10. The normalized spacial score (nSPS) is 26.6. The van der Waals surface area contributed by atoms with Gasteiger partial charge in [-0.3, -0.25) is 0 Å². The van der Waals surface area contributed by atoms with Crippen molar-refractivity contribution in [2.24, 2.45) is 5.92 Å². The lowest BCUT2D eigenvalue weighted by Crippen LogP contribution is -2.70. The summed E-state index contributed by atoms with van der Waals surface area (Å²) in [5, 5.41) is 0. The molecule has 3 aliphatic rings. The van der Waals surface area contributed by atoms with Crippen molar-refractivity contribution in [3.8, 4) is 5.88 Å². The van der Waals surface area contributed by atoms with E-state index in [0.717, 1.165) is 25.9 Å². The van der Waals surface area contributed by atoms with Gasteiger partial charge in [0.15, 0.2) is 9.84 Å². The van der Waals surface area contributed by atoms with E-state index in [1.807, 2.05) is 17.0 Å². The fourth-order valence-corrected chi connectivity index (χ4v) is 6.57. The number of ether oxygens (including phenoxy) is 1. The van der Waals surface area contributed by atoms with Crippen LogP contribution in [0, 0.1) is 5.92 Å². The Morgan fingerprint density at radius 2 is 2.00 bits per heavy atom. The number of likely N-dealkylation sites (tertiary alicyclic amines) is 2. The molecule has 3 fully saturated rings. The molecule has 1 atom stereocenters. The largest absolute Gasteiger partial charge is 0.477 e. The molecular formula is C17H23N3O4S. The van der Waals surface area contributed by atoms with Crippen molar-refractivity contribution >= 4 is 15.9 Å². The molecule has 0 unspecified atom stereocenters. The standard InChI is InChI=1S/C17H23N3O4S/c21-16(19-8-3-4-9-19)20-12-17(13-20)14(6-10-25(17,22)23)11-24-15-5-1-2-7-18-15/h1-2,5,7,14H,3-4,6,8-13H2/t14-/m0/s1. The Balaban J connectivity index is 1.44. The number of sulfone groups is 1. The van der Waals surface area contributed by atoms with Crippen LogP contribution in [0.1, 0.15) is 19.3 Å². The van der Waals surface area contributed by atoms with Crippen LogP contribution in [0.2, 0.25) is 0 Å². The lowest BCUT2D eigenvalue weighted by atomic mass is 9.84.